The van der Waals surface area contributed by atoms with Crippen LogP contribution in [0.3, 0.4) is 0 Å². The average molecular weight is 788 g/mol. The molecule has 0 fully saturated rings. The quantitative estimate of drug-likeness (QED) is 0.166. The molecule has 0 aliphatic carbocycles. The molecule has 1 unspecified atom stereocenters. The fourth-order valence-corrected chi connectivity index (χ4v) is 6.15. The van der Waals surface area contributed by atoms with E-state index >= 15 is 0 Å². The van der Waals surface area contributed by atoms with E-state index in [9.17, 15) is 62.7 Å². The summed E-state index contributed by atoms with van der Waals surface area (Å²) in [5.41, 5.74) is -15.3. The fraction of sp³-hybridized carbons (Fsp3) is 0.280. The first kappa shape index (κ1) is 45.4. The summed E-state index contributed by atoms with van der Waals surface area (Å²) in [5, 5.41) is 19.9. The first-order valence-corrected chi connectivity index (χ1v) is 13.6. The Morgan fingerprint density at radius 2 is 0.771 bits per heavy atom. The van der Waals surface area contributed by atoms with Crippen molar-refractivity contribution < 1.29 is 105 Å². The van der Waals surface area contributed by atoms with Crippen LogP contribution in [0.4, 0.5) is 52.7 Å². The molecule has 0 aliphatic heterocycles. The Balaban J connectivity index is 0.00000576. The van der Waals surface area contributed by atoms with Gasteiger partial charge in [0.15, 0.2) is 0 Å². The van der Waals surface area contributed by atoms with Crippen molar-refractivity contribution in [1.82, 2.24) is 0 Å². The van der Waals surface area contributed by atoms with Gasteiger partial charge in [0, 0.05) is 11.5 Å². The van der Waals surface area contributed by atoms with Crippen molar-refractivity contribution in [3.8, 4) is 0 Å². The van der Waals surface area contributed by atoms with Gasteiger partial charge < -0.3 is 14.7 Å². The molecule has 48 heavy (non-hydrogen) atoms. The minimum absolute atomic E-state index is 0. The fourth-order valence-electron chi connectivity index (χ4n) is 4.63. The van der Waals surface area contributed by atoms with Crippen molar-refractivity contribution in [3.63, 3.8) is 0 Å². The summed E-state index contributed by atoms with van der Waals surface area (Å²) in [6, 6.07) is -1.07. The van der Waals surface area contributed by atoms with Crippen LogP contribution in [0.2, 0.25) is 25.1 Å². The average Bonchev–Trinajstić information content (AvgIpc) is 2.88. The van der Waals surface area contributed by atoms with Crippen molar-refractivity contribution in [1.29, 1.82) is 0 Å². The van der Waals surface area contributed by atoms with Crippen LogP contribution >= 0.6 is 58.0 Å². The van der Waals surface area contributed by atoms with E-state index in [2.05, 4.69) is 0 Å². The van der Waals surface area contributed by atoms with Gasteiger partial charge >= 0.3 is 62.4 Å². The second-order valence-electron chi connectivity index (χ2n) is 9.57. The maximum atomic E-state index is 13.9. The molecule has 0 saturated carbocycles. The third-order valence-corrected chi connectivity index (χ3v) is 8.76. The molecule has 0 N–H and O–H groups in total. The smallest absolute Gasteiger partial charge is 0.871 e. The zero-order valence-corrected chi connectivity index (χ0v) is 27.5. The van der Waals surface area contributed by atoms with Gasteiger partial charge in [-0.2, -0.15) is 52.7 Å². The molecular formula is C25H10BCl5F12Li2O3. The van der Waals surface area contributed by atoms with Crippen molar-refractivity contribution in [2.24, 2.45) is 0 Å². The molecule has 0 spiro atoms. The summed E-state index contributed by atoms with van der Waals surface area (Å²) in [6.45, 7) is 0.537. The molecule has 0 amide bonds. The maximum absolute atomic E-state index is 13.9. The SMILES string of the molecule is CC(OB([O-])[O-])(c1c(Cl)c(Cl)c(Cl)c(Cl)c1Cl)C(c1cc(C(F)(F)F)cc(C(F)(F)F)c1)c1cc(C(F)(F)F)cc(C(F)(F)F)c1.[Li+].[Li+]. The van der Waals surface area contributed by atoms with Crippen molar-refractivity contribution in [2.75, 3.05) is 0 Å². The van der Waals surface area contributed by atoms with Gasteiger partial charge in [-0.15, -0.1) is 0 Å². The molecule has 0 bridgehead atoms. The largest absolute Gasteiger partial charge is 1.00 e. The Morgan fingerprint density at radius 3 is 1.00 bits per heavy atom. The number of rotatable bonds is 6. The third kappa shape index (κ3) is 9.64. The Kier molecular flexibility index (Phi) is 14.7. The van der Waals surface area contributed by atoms with Crippen molar-refractivity contribution in [3.05, 3.63) is 100 Å². The molecule has 0 radical (unpaired) electrons. The van der Waals surface area contributed by atoms with Gasteiger partial charge in [-0.25, -0.2) is 0 Å². The number of alkyl halides is 12. The third-order valence-electron chi connectivity index (χ3n) is 6.48. The summed E-state index contributed by atoms with van der Waals surface area (Å²) >= 11 is 30.4. The van der Waals surface area contributed by atoms with E-state index in [1.807, 2.05) is 0 Å². The minimum Gasteiger partial charge on any atom is -0.871 e. The van der Waals surface area contributed by atoms with Crippen LogP contribution in [0.1, 0.15) is 51.8 Å². The van der Waals surface area contributed by atoms with Crippen LogP contribution in [0, 0.1) is 0 Å². The molecule has 1 atom stereocenters. The van der Waals surface area contributed by atoms with Gasteiger partial charge in [0.1, 0.15) is 0 Å². The van der Waals surface area contributed by atoms with Gasteiger partial charge in [-0.3, -0.25) is 0 Å². The van der Waals surface area contributed by atoms with Gasteiger partial charge in [-0.05, 0) is 54.4 Å². The monoisotopic (exact) mass is 786 g/mol. The topological polar surface area (TPSA) is 55.3 Å². The molecule has 0 aliphatic rings. The van der Waals surface area contributed by atoms with E-state index in [1.54, 1.807) is 0 Å². The van der Waals surface area contributed by atoms with E-state index < -0.39 is 120 Å². The predicted molar refractivity (Wildman–Crippen MR) is 140 cm³/mol. The molecule has 3 aromatic rings. The molecular weight excluding hydrogens is 778 g/mol. The van der Waals surface area contributed by atoms with Crippen molar-refractivity contribution >= 4 is 65.3 Å². The first-order chi connectivity index (χ1) is 20.6. The van der Waals surface area contributed by atoms with Gasteiger partial charge in [0.05, 0.1) is 60.3 Å². The maximum Gasteiger partial charge on any atom is 1.00 e. The summed E-state index contributed by atoms with van der Waals surface area (Å²) in [5.74, 6) is -2.77. The van der Waals surface area contributed by atoms with Crippen LogP contribution in [0.25, 0.3) is 0 Å². The van der Waals surface area contributed by atoms with E-state index in [1.165, 1.54) is 0 Å². The van der Waals surface area contributed by atoms with Crippen LogP contribution in [-0.2, 0) is 35.0 Å². The van der Waals surface area contributed by atoms with E-state index in [0.29, 0.717) is 6.92 Å². The van der Waals surface area contributed by atoms with Crippen LogP contribution in [0.5, 0.6) is 0 Å². The molecule has 23 heteroatoms. The normalized spacial score (nSPS) is 13.9. The van der Waals surface area contributed by atoms with Crippen LogP contribution in [0.15, 0.2) is 36.4 Å². The Morgan fingerprint density at radius 1 is 0.521 bits per heavy atom. The van der Waals surface area contributed by atoms with Crippen LogP contribution < -0.4 is 47.8 Å². The molecule has 3 rings (SSSR count). The standard InChI is InChI=1S/C25H10BCl5F12O3.2Li/c1-21(46-26(44)45,15-16(27)18(29)20(31)19(30)17(15)28)14(8-2-10(22(32,33)34)6-11(3-8)23(35,36)37)9-4-12(24(38,39)40)7-13(5-9)25(41,42)43;;/h2-7,14H,1H3;;/q-2;2*+1. The molecule has 252 valence electrons. The number of hydrogen-bond acceptors (Lipinski definition) is 3. The molecule has 0 aromatic heterocycles. The summed E-state index contributed by atoms with van der Waals surface area (Å²) in [6.07, 6.45) is -22.4. The molecule has 0 saturated heterocycles. The second-order valence-corrected chi connectivity index (χ2v) is 11.5. The zero-order chi connectivity index (χ0) is 35.5. The predicted octanol–water partition coefficient (Wildman–Crippen LogP) is 3.81. The van der Waals surface area contributed by atoms with Gasteiger partial charge in [0.2, 0.25) is 0 Å². The van der Waals surface area contributed by atoms with Crippen LogP contribution in [-0.4, -0.2) is 7.32 Å². The minimum atomic E-state index is -5.59. The first-order valence-electron chi connectivity index (χ1n) is 11.7. The zero-order valence-electron chi connectivity index (χ0n) is 23.8. The van der Waals surface area contributed by atoms with E-state index in [0.717, 1.165) is 0 Å². The Labute approximate surface area is 312 Å². The van der Waals surface area contributed by atoms with Crippen molar-refractivity contribution in [2.45, 2.75) is 43.1 Å². The number of benzene rings is 3. The van der Waals surface area contributed by atoms with Gasteiger partial charge in [-0.1, -0.05) is 58.0 Å². The Hall–Kier alpha value is -0.590. The number of hydrogen-bond donors (Lipinski definition) is 0. The summed E-state index contributed by atoms with van der Waals surface area (Å²) in [4.78, 5) is 0. The Bertz CT molecular complexity index is 1480. The number of halogens is 17. The summed E-state index contributed by atoms with van der Waals surface area (Å²) in [7, 11) is -3.59. The van der Waals surface area contributed by atoms with E-state index in [-0.39, 0.29) is 62.0 Å². The van der Waals surface area contributed by atoms with E-state index in [4.69, 9.17) is 62.7 Å². The molecule has 3 nitrogen and oxygen atoms in total. The van der Waals surface area contributed by atoms with Gasteiger partial charge in [0.25, 0.3) is 0 Å². The molecule has 0 heterocycles. The second kappa shape index (κ2) is 15.6. The summed E-state index contributed by atoms with van der Waals surface area (Å²) < 4.78 is 171. The molecule has 3 aromatic carbocycles.